The van der Waals surface area contributed by atoms with Crippen LogP contribution in [0.15, 0.2) is 48.5 Å². The molecule has 27 heavy (non-hydrogen) atoms. The summed E-state index contributed by atoms with van der Waals surface area (Å²) in [7, 11) is 0. The van der Waals surface area contributed by atoms with E-state index in [1.165, 1.54) is 24.3 Å². The van der Waals surface area contributed by atoms with Crippen LogP contribution in [-0.2, 0) is 16.0 Å². The Bertz CT molecular complexity index is 754. The normalized spacial score (nSPS) is 17.6. The van der Waals surface area contributed by atoms with Gasteiger partial charge in [-0.1, -0.05) is 24.3 Å². The summed E-state index contributed by atoms with van der Waals surface area (Å²) in [4.78, 5) is 12.5. The fraction of sp³-hybridized carbons (Fsp3) is 0.350. The molecule has 2 N–H and O–H groups in total. The highest BCUT2D eigenvalue weighted by Crippen LogP contribution is 2.20. The van der Waals surface area contributed by atoms with Crippen molar-refractivity contribution in [1.82, 2.24) is 10.6 Å². The fourth-order valence-corrected chi connectivity index (χ4v) is 3.10. The van der Waals surface area contributed by atoms with Gasteiger partial charge in [0.2, 0.25) is 5.91 Å². The van der Waals surface area contributed by atoms with Crippen molar-refractivity contribution < 1.29 is 18.3 Å². The first-order valence-corrected chi connectivity index (χ1v) is 8.70. The highest BCUT2D eigenvalue weighted by Gasteiger charge is 2.21. The Morgan fingerprint density at radius 1 is 1.19 bits per heavy atom. The molecule has 2 aromatic carbocycles. The average molecular weight is 397 g/mol. The summed E-state index contributed by atoms with van der Waals surface area (Å²) in [6, 6.07) is 11.8. The minimum Gasteiger partial charge on any atom is -0.378 e. The Hall–Kier alpha value is -2.02. The lowest BCUT2D eigenvalue weighted by Gasteiger charge is -2.25. The minimum atomic E-state index is -0.440. The highest BCUT2D eigenvalue weighted by molar-refractivity contribution is 5.85. The number of amides is 1. The van der Waals surface area contributed by atoms with Crippen molar-refractivity contribution in [2.45, 2.75) is 24.9 Å². The number of ether oxygens (including phenoxy) is 1. The molecule has 4 nitrogen and oxygen atoms in total. The summed E-state index contributed by atoms with van der Waals surface area (Å²) in [6.45, 7) is 1.85. The predicted octanol–water partition coefficient (Wildman–Crippen LogP) is 3.17. The van der Waals surface area contributed by atoms with Crippen molar-refractivity contribution in [2.24, 2.45) is 0 Å². The zero-order valence-corrected chi connectivity index (χ0v) is 15.6. The second-order valence-corrected chi connectivity index (χ2v) is 6.44. The standard InChI is InChI=1S/C20H22F2N2O2.ClH/c21-16-5-1-3-14(9-16)10-19(15-4-2-6-17(22)11-15)24-20(25)12-18-13-26-8-7-23-18;/h1-6,9,11,18-19,23H,7-8,10,12-13H2,(H,24,25);1H. The third-order valence-corrected chi connectivity index (χ3v) is 4.35. The molecule has 0 saturated carbocycles. The molecule has 1 fully saturated rings. The van der Waals surface area contributed by atoms with E-state index in [2.05, 4.69) is 10.6 Å². The molecule has 1 heterocycles. The highest BCUT2D eigenvalue weighted by atomic mass is 35.5. The van der Waals surface area contributed by atoms with Crippen LogP contribution in [0.5, 0.6) is 0 Å². The Balaban J connectivity index is 0.00000261. The number of hydrogen-bond acceptors (Lipinski definition) is 3. The molecular formula is C20H23ClF2N2O2. The number of halogens is 3. The van der Waals surface area contributed by atoms with Crippen LogP contribution in [0.3, 0.4) is 0 Å². The third kappa shape index (κ3) is 6.57. The number of rotatable bonds is 6. The first-order chi connectivity index (χ1) is 12.6. The van der Waals surface area contributed by atoms with Crippen molar-refractivity contribution >= 4 is 18.3 Å². The average Bonchev–Trinajstić information content (AvgIpc) is 2.62. The fourth-order valence-electron chi connectivity index (χ4n) is 3.10. The molecule has 1 saturated heterocycles. The maximum absolute atomic E-state index is 13.6. The molecule has 0 aromatic heterocycles. The lowest BCUT2D eigenvalue weighted by atomic mass is 9.98. The van der Waals surface area contributed by atoms with E-state index in [0.717, 1.165) is 5.56 Å². The smallest absolute Gasteiger partial charge is 0.222 e. The maximum Gasteiger partial charge on any atom is 0.222 e. The maximum atomic E-state index is 13.6. The van der Waals surface area contributed by atoms with Gasteiger partial charge in [-0.2, -0.15) is 0 Å². The van der Waals surface area contributed by atoms with Gasteiger partial charge in [0.1, 0.15) is 11.6 Å². The van der Waals surface area contributed by atoms with Crippen molar-refractivity contribution in [2.75, 3.05) is 19.8 Å². The van der Waals surface area contributed by atoms with E-state index >= 15 is 0 Å². The van der Waals surface area contributed by atoms with Crippen molar-refractivity contribution in [3.05, 3.63) is 71.3 Å². The molecule has 0 bridgehead atoms. The van der Waals surface area contributed by atoms with Crippen LogP contribution < -0.4 is 10.6 Å². The van der Waals surface area contributed by atoms with Gasteiger partial charge in [0.05, 0.1) is 19.3 Å². The van der Waals surface area contributed by atoms with Crippen LogP contribution in [0, 0.1) is 11.6 Å². The van der Waals surface area contributed by atoms with Crippen LogP contribution >= 0.6 is 12.4 Å². The Kier molecular flexibility index (Phi) is 8.16. The lowest BCUT2D eigenvalue weighted by molar-refractivity contribution is -0.123. The molecule has 2 atom stereocenters. The number of hydrogen-bond donors (Lipinski definition) is 2. The van der Waals surface area contributed by atoms with Crippen LogP contribution in [0.1, 0.15) is 23.6 Å². The van der Waals surface area contributed by atoms with Crippen LogP contribution in [-0.4, -0.2) is 31.7 Å². The van der Waals surface area contributed by atoms with Gasteiger partial charge in [0.15, 0.2) is 0 Å². The number of benzene rings is 2. The zero-order valence-electron chi connectivity index (χ0n) is 14.8. The van der Waals surface area contributed by atoms with E-state index in [4.69, 9.17) is 4.74 Å². The summed E-state index contributed by atoms with van der Waals surface area (Å²) >= 11 is 0. The van der Waals surface area contributed by atoms with E-state index in [-0.39, 0.29) is 42.4 Å². The number of carbonyl (C=O) groups excluding carboxylic acids is 1. The second kappa shape index (κ2) is 10.3. The zero-order chi connectivity index (χ0) is 18.4. The van der Waals surface area contributed by atoms with E-state index in [1.807, 2.05) is 0 Å². The Morgan fingerprint density at radius 2 is 1.93 bits per heavy atom. The van der Waals surface area contributed by atoms with Gasteiger partial charge < -0.3 is 15.4 Å². The van der Waals surface area contributed by atoms with Gasteiger partial charge in [0.25, 0.3) is 0 Å². The molecule has 7 heteroatoms. The summed E-state index contributed by atoms with van der Waals surface area (Å²) in [5.41, 5.74) is 1.38. The van der Waals surface area contributed by atoms with Gasteiger partial charge in [-0.05, 0) is 41.8 Å². The van der Waals surface area contributed by atoms with Crippen LogP contribution in [0.2, 0.25) is 0 Å². The first-order valence-electron chi connectivity index (χ1n) is 8.70. The van der Waals surface area contributed by atoms with E-state index in [0.29, 0.717) is 31.7 Å². The Labute approximate surface area is 163 Å². The lowest BCUT2D eigenvalue weighted by Crippen LogP contribution is -2.44. The van der Waals surface area contributed by atoms with Gasteiger partial charge in [0, 0.05) is 19.0 Å². The summed E-state index contributed by atoms with van der Waals surface area (Å²) in [5.74, 6) is -0.864. The molecular weight excluding hydrogens is 374 g/mol. The monoisotopic (exact) mass is 396 g/mol. The summed E-state index contributed by atoms with van der Waals surface area (Å²) in [6.07, 6.45) is 0.649. The number of nitrogens with one attached hydrogen (secondary N) is 2. The van der Waals surface area contributed by atoms with Crippen LogP contribution in [0.25, 0.3) is 0 Å². The molecule has 1 amide bonds. The molecule has 2 aromatic rings. The molecule has 3 rings (SSSR count). The van der Waals surface area contributed by atoms with Crippen molar-refractivity contribution in [3.8, 4) is 0 Å². The van der Waals surface area contributed by atoms with E-state index < -0.39 is 6.04 Å². The van der Waals surface area contributed by atoms with E-state index in [9.17, 15) is 13.6 Å². The molecule has 1 aliphatic rings. The van der Waals surface area contributed by atoms with Crippen molar-refractivity contribution in [1.29, 1.82) is 0 Å². The quantitative estimate of drug-likeness (QED) is 0.788. The van der Waals surface area contributed by atoms with Gasteiger partial charge in [-0.3, -0.25) is 4.79 Å². The Morgan fingerprint density at radius 3 is 2.59 bits per heavy atom. The molecule has 1 aliphatic heterocycles. The molecule has 0 spiro atoms. The second-order valence-electron chi connectivity index (χ2n) is 6.44. The molecule has 146 valence electrons. The summed E-state index contributed by atoms with van der Waals surface area (Å²) < 4.78 is 32.5. The van der Waals surface area contributed by atoms with Crippen LogP contribution in [0.4, 0.5) is 8.78 Å². The van der Waals surface area contributed by atoms with Crippen molar-refractivity contribution in [3.63, 3.8) is 0 Å². The number of morpholine rings is 1. The van der Waals surface area contributed by atoms with Gasteiger partial charge in [-0.15, -0.1) is 12.4 Å². The van der Waals surface area contributed by atoms with Gasteiger partial charge in [-0.25, -0.2) is 8.78 Å². The number of carbonyl (C=O) groups is 1. The minimum absolute atomic E-state index is 0. The topological polar surface area (TPSA) is 50.4 Å². The third-order valence-electron chi connectivity index (χ3n) is 4.35. The van der Waals surface area contributed by atoms with E-state index in [1.54, 1.807) is 24.3 Å². The summed E-state index contributed by atoms with van der Waals surface area (Å²) in [5, 5.41) is 6.19. The van der Waals surface area contributed by atoms with Gasteiger partial charge >= 0.3 is 0 Å². The predicted molar refractivity (Wildman–Crippen MR) is 102 cm³/mol. The SMILES string of the molecule is Cl.O=C(CC1COCCN1)NC(Cc1cccc(F)c1)c1cccc(F)c1. The first kappa shape index (κ1) is 21.3. The molecule has 2 unspecified atom stereocenters. The molecule has 0 radical (unpaired) electrons. The molecule has 0 aliphatic carbocycles. The largest absolute Gasteiger partial charge is 0.378 e.